The molecule has 0 aromatic heterocycles. The first kappa shape index (κ1) is 15.8. The average Bonchev–Trinajstić information content (AvgIpc) is 2.39. The minimum atomic E-state index is 0. The van der Waals surface area contributed by atoms with Gasteiger partial charge in [-0.05, 0) is 50.0 Å². The van der Waals surface area contributed by atoms with Crippen LogP contribution in [0.25, 0.3) is 0 Å². The summed E-state index contributed by atoms with van der Waals surface area (Å²) in [5.74, 6) is 0. The van der Waals surface area contributed by atoms with Crippen molar-refractivity contribution < 1.29 is 5.11 Å². The molecule has 1 atom stereocenters. The van der Waals surface area contributed by atoms with Crippen LogP contribution in [-0.2, 0) is 6.42 Å². The molecule has 0 spiro atoms. The van der Waals surface area contributed by atoms with Crippen LogP contribution in [0.4, 0.5) is 0 Å². The number of likely N-dealkylation sites (tertiary alicyclic amines) is 1. The van der Waals surface area contributed by atoms with Crippen LogP contribution in [0.5, 0.6) is 0 Å². The van der Waals surface area contributed by atoms with Gasteiger partial charge in [-0.1, -0.05) is 30.2 Å². The van der Waals surface area contributed by atoms with Gasteiger partial charge in [0.1, 0.15) is 0 Å². The zero-order chi connectivity index (χ0) is 12.1. The Bertz CT molecular complexity index is 336. The lowest BCUT2D eigenvalue weighted by molar-refractivity contribution is 0.104. The van der Waals surface area contributed by atoms with Gasteiger partial charge in [0, 0.05) is 11.1 Å². The van der Waals surface area contributed by atoms with E-state index >= 15 is 0 Å². The summed E-state index contributed by atoms with van der Waals surface area (Å²) in [6.45, 7) is 2.49. The normalized spacial score (nSPS) is 18.1. The molecule has 4 heteroatoms. The fraction of sp³-hybridized carbons (Fsp3) is 0.571. The molecule has 1 aliphatic rings. The van der Waals surface area contributed by atoms with Crippen molar-refractivity contribution in [3.8, 4) is 0 Å². The number of rotatable bonds is 4. The van der Waals surface area contributed by atoms with Gasteiger partial charge in [0.15, 0.2) is 0 Å². The van der Waals surface area contributed by atoms with E-state index < -0.39 is 0 Å². The second-order valence-corrected chi connectivity index (χ2v) is 5.20. The van der Waals surface area contributed by atoms with Crippen LogP contribution in [0.1, 0.15) is 24.8 Å². The molecule has 0 saturated carbocycles. The number of hydrogen-bond donors (Lipinski definition) is 1. The molecule has 0 radical (unpaired) electrons. The second-order valence-electron chi connectivity index (χ2n) is 4.76. The molecule has 1 aliphatic heterocycles. The Morgan fingerprint density at radius 2 is 1.72 bits per heavy atom. The number of aliphatic hydroxyl groups excluding tert-OH is 1. The van der Waals surface area contributed by atoms with Crippen LogP contribution in [0.15, 0.2) is 24.3 Å². The Morgan fingerprint density at radius 1 is 1.11 bits per heavy atom. The molecule has 1 saturated heterocycles. The topological polar surface area (TPSA) is 23.5 Å². The van der Waals surface area contributed by atoms with Gasteiger partial charge in [0.2, 0.25) is 0 Å². The van der Waals surface area contributed by atoms with E-state index in [1.165, 1.54) is 24.8 Å². The number of hydrogen-bond acceptors (Lipinski definition) is 2. The van der Waals surface area contributed by atoms with Crippen molar-refractivity contribution in [1.29, 1.82) is 0 Å². The van der Waals surface area contributed by atoms with E-state index in [-0.39, 0.29) is 25.1 Å². The van der Waals surface area contributed by atoms with Crippen molar-refractivity contribution in [1.82, 2.24) is 4.90 Å². The summed E-state index contributed by atoms with van der Waals surface area (Å²) in [6.07, 6.45) is 4.76. The Hall–Kier alpha value is -0.280. The van der Waals surface area contributed by atoms with Crippen molar-refractivity contribution in [3.63, 3.8) is 0 Å². The van der Waals surface area contributed by atoms with Gasteiger partial charge in [-0.2, -0.15) is 0 Å². The smallest absolute Gasteiger partial charge is 0.0590 e. The molecule has 0 aliphatic carbocycles. The van der Waals surface area contributed by atoms with Gasteiger partial charge in [-0.15, -0.1) is 12.4 Å². The second kappa shape index (κ2) is 8.00. The summed E-state index contributed by atoms with van der Waals surface area (Å²) in [5.41, 5.74) is 1.25. The third kappa shape index (κ3) is 4.43. The highest BCUT2D eigenvalue weighted by Crippen LogP contribution is 2.17. The minimum Gasteiger partial charge on any atom is -0.395 e. The maximum Gasteiger partial charge on any atom is 0.0590 e. The lowest BCUT2D eigenvalue weighted by atomic mass is 10.0. The van der Waals surface area contributed by atoms with Crippen LogP contribution >= 0.6 is 24.0 Å². The first-order valence-electron chi connectivity index (χ1n) is 6.39. The zero-order valence-electron chi connectivity index (χ0n) is 10.5. The van der Waals surface area contributed by atoms with Gasteiger partial charge in [-0.3, -0.25) is 4.90 Å². The molecule has 102 valence electrons. The van der Waals surface area contributed by atoms with E-state index in [0.717, 1.165) is 24.5 Å². The Morgan fingerprint density at radius 3 is 2.28 bits per heavy atom. The Kier molecular flexibility index (Phi) is 7.02. The molecule has 1 heterocycles. The zero-order valence-corrected chi connectivity index (χ0v) is 12.1. The Balaban J connectivity index is 0.00000162. The molecule has 1 aromatic carbocycles. The number of aliphatic hydroxyl groups is 1. The molecule has 1 unspecified atom stereocenters. The van der Waals surface area contributed by atoms with E-state index in [0.29, 0.717) is 0 Å². The van der Waals surface area contributed by atoms with Crippen molar-refractivity contribution in [2.45, 2.75) is 31.7 Å². The van der Waals surface area contributed by atoms with E-state index in [9.17, 15) is 5.11 Å². The van der Waals surface area contributed by atoms with Crippen molar-refractivity contribution in [2.24, 2.45) is 0 Å². The Labute approximate surface area is 120 Å². The van der Waals surface area contributed by atoms with Gasteiger partial charge in [0.05, 0.1) is 6.61 Å². The summed E-state index contributed by atoms with van der Waals surface area (Å²) in [4.78, 5) is 2.41. The third-order valence-electron chi connectivity index (χ3n) is 3.50. The first-order valence-corrected chi connectivity index (χ1v) is 6.77. The fourth-order valence-electron chi connectivity index (χ4n) is 2.49. The lowest BCUT2D eigenvalue weighted by Gasteiger charge is -2.33. The average molecular weight is 290 g/mol. The monoisotopic (exact) mass is 289 g/mol. The number of piperidine rings is 1. The summed E-state index contributed by atoms with van der Waals surface area (Å²) in [7, 11) is 0. The van der Waals surface area contributed by atoms with Crippen LogP contribution in [0, 0.1) is 0 Å². The van der Waals surface area contributed by atoms with Crippen LogP contribution in [0.3, 0.4) is 0 Å². The maximum atomic E-state index is 9.53. The van der Waals surface area contributed by atoms with Crippen LogP contribution in [0.2, 0.25) is 5.02 Å². The molecular formula is C14H21Cl2NO. The summed E-state index contributed by atoms with van der Waals surface area (Å²) < 4.78 is 0. The highest BCUT2D eigenvalue weighted by atomic mass is 35.5. The standard InChI is InChI=1S/C14H20ClNO.ClH/c15-13-6-4-12(5-7-13)10-14(11-17)16-8-2-1-3-9-16;/h4-7,14,17H,1-3,8-11H2;1H. The molecule has 18 heavy (non-hydrogen) atoms. The first-order chi connectivity index (χ1) is 8.29. The van der Waals surface area contributed by atoms with E-state index in [1.54, 1.807) is 0 Å². The summed E-state index contributed by atoms with van der Waals surface area (Å²) in [6, 6.07) is 8.20. The lowest BCUT2D eigenvalue weighted by Crippen LogP contribution is -2.42. The van der Waals surface area contributed by atoms with Crippen LogP contribution < -0.4 is 0 Å². The van der Waals surface area contributed by atoms with Gasteiger partial charge < -0.3 is 5.11 Å². The van der Waals surface area contributed by atoms with E-state index in [4.69, 9.17) is 11.6 Å². The quantitative estimate of drug-likeness (QED) is 0.921. The SMILES string of the molecule is Cl.OCC(Cc1ccc(Cl)cc1)N1CCCCC1. The number of benzene rings is 1. The largest absolute Gasteiger partial charge is 0.395 e. The van der Waals surface area contributed by atoms with Crippen molar-refractivity contribution in [3.05, 3.63) is 34.9 Å². The molecule has 0 bridgehead atoms. The van der Waals surface area contributed by atoms with Gasteiger partial charge >= 0.3 is 0 Å². The summed E-state index contributed by atoms with van der Waals surface area (Å²) in [5, 5.41) is 10.3. The highest BCUT2D eigenvalue weighted by Gasteiger charge is 2.19. The number of halogens is 2. The van der Waals surface area contributed by atoms with Crippen molar-refractivity contribution >= 4 is 24.0 Å². The van der Waals surface area contributed by atoms with Gasteiger partial charge in [0.25, 0.3) is 0 Å². The highest BCUT2D eigenvalue weighted by molar-refractivity contribution is 6.30. The maximum absolute atomic E-state index is 9.53. The third-order valence-corrected chi connectivity index (χ3v) is 3.75. The number of nitrogens with zero attached hydrogens (tertiary/aromatic N) is 1. The fourth-order valence-corrected chi connectivity index (χ4v) is 2.61. The molecule has 0 amide bonds. The molecule has 1 aromatic rings. The molecular weight excluding hydrogens is 269 g/mol. The minimum absolute atomic E-state index is 0. The molecule has 2 rings (SSSR count). The predicted molar refractivity (Wildman–Crippen MR) is 78.7 cm³/mol. The summed E-state index contributed by atoms with van der Waals surface area (Å²) >= 11 is 5.87. The van der Waals surface area contributed by atoms with Gasteiger partial charge in [-0.25, -0.2) is 0 Å². The van der Waals surface area contributed by atoms with Crippen LogP contribution in [-0.4, -0.2) is 35.7 Å². The van der Waals surface area contributed by atoms with E-state index in [2.05, 4.69) is 17.0 Å². The molecule has 1 fully saturated rings. The predicted octanol–water partition coefficient (Wildman–Crippen LogP) is 3.15. The van der Waals surface area contributed by atoms with Crippen molar-refractivity contribution in [2.75, 3.05) is 19.7 Å². The molecule has 2 nitrogen and oxygen atoms in total. The molecule has 1 N–H and O–H groups in total. The van der Waals surface area contributed by atoms with E-state index in [1.807, 2.05) is 12.1 Å².